The van der Waals surface area contributed by atoms with Crippen molar-refractivity contribution in [2.75, 3.05) is 13.2 Å². The van der Waals surface area contributed by atoms with Crippen molar-refractivity contribution < 1.29 is 28.6 Å². The smallest absolute Gasteiger partial charge is 0.306 e. The normalized spacial score (nSPS) is 12.1. The quantitative estimate of drug-likeness (QED) is 0.0352. The van der Waals surface area contributed by atoms with E-state index >= 15 is 0 Å². The summed E-state index contributed by atoms with van der Waals surface area (Å²) < 4.78 is 16.7. The molecule has 0 amide bonds. The molecule has 0 bridgehead atoms. The van der Waals surface area contributed by atoms with Crippen molar-refractivity contribution in [2.45, 2.75) is 259 Å². The zero-order chi connectivity index (χ0) is 39.0. The van der Waals surface area contributed by atoms with E-state index in [0.717, 1.165) is 69.6 Å². The Morgan fingerprint density at radius 1 is 0.358 bits per heavy atom. The minimum atomic E-state index is -0.760. The number of hydrogen-bond donors (Lipinski definition) is 0. The molecular formula is C47H90O6. The van der Waals surface area contributed by atoms with Gasteiger partial charge in [-0.1, -0.05) is 214 Å². The second kappa shape index (κ2) is 40.1. The van der Waals surface area contributed by atoms with Crippen LogP contribution < -0.4 is 0 Å². The maximum absolute atomic E-state index is 12.7. The summed E-state index contributed by atoms with van der Waals surface area (Å²) in [6, 6.07) is 0. The number of ether oxygens (including phenoxy) is 3. The topological polar surface area (TPSA) is 78.9 Å². The van der Waals surface area contributed by atoms with Gasteiger partial charge in [-0.25, -0.2) is 0 Å². The van der Waals surface area contributed by atoms with E-state index in [9.17, 15) is 14.4 Å². The summed E-state index contributed by atoms with van der Waals surface area (Å²) in [5.74, 6) is 0.741. The molecule has 0 aromatic carbocycles. The highest BCUT2D eigenvalue weighted by Gasteiger charge is 2.19. The van der Waals surface area contributed by atoms with Gasteiger partial charge in [-0.2, -0.15) is 0 Å². The molecule has 0 rings (SSSR count). The lowest BCUT2D eigenvalue weighted by atomic mass is 10.0. The molecule has 0 radical (unpaired) electrons. The third kappa shape index (κ3) is 41.4. The number of rotatable bonds is 41. The van der Waals surface area contributed by atoms with Crippen LogP contribution >= 0.6 is 0 Å². The lowest BCUT2D eigenvalue weighted by Gasteiger charge is -2.18. The minimum Gasteiger partial charge on any atom is -0.462 e. The van der Waals surface area contributed by atoms with Gasteiger partial charge in [-0.15, -0.1) is 0 Å². The van der Waals surface area contributed by atoms with E-state index in [1.807, 2.05) is 0 Å². The molecule has 0 N–H and O–H groups in total. The van der Waals surface area contributed by atoms with Crippen LogP contribution in [0.15, 0.2) is 0 Å². The van der Waals surface area contributed by atoms with Crippen LogP contribution in [-0.4, -0.2) is 37.2 Å². The van der Waals surface area contributed by atoms with Gasteiger partial charge in [0.15, 0.2) is 6.10 Å². The van der Waals surface area contributed by atoms with E-state index in [-0.39, 0.29) is 31.1 Å². The van der Waals surface area contributed by atoms with E-state index in [2.05, 4.69) is 34.6 Å². The standard InChI is InChI=1S/C47H90O6/c1-6-7-8-9-10-11-12-13-18-23-29-34-39-47(50)53-44(41-52-46(49)38-33-28-24-19-21-26-31-36-43(4)5)40-51-45(48)37-32-27-22-17-15-14-16-20-25-30-35-42(2)3/h42-44H,6-41H2,1-5H3/t44-/m0/s1. The fourth-order valence-electron chi connectivity index (χ4n) is 6.93. The summed E-state index contributed by atoms with van der Waals surface area (Å²) in [6.45, 7) is 11.3. The Morgan fingerprint density at radius 3 is 0.925 bits per heavy atom. The van der Waals surface area contributed by atoms with Gasteiger partial charge in [-0.3, -0.25) is 14.4 Å². The Labute approximate surface area is 329 Å². The summed E-state index contributed by atoms with van der Waals surface area (Å²) in [5.41, 5.74) is 0. The second-order valence-corrected chi connectivity index (χ2v) is 17.0. The third-order valence-electron chi connectivity index (χ3n) is 10.5. The summed E-state index contributed by atoms with van der Waals surface area (Å²) in [7, 11) is 0. The van der Waals surface area contributed by atoms with Crippen molar-refractivity contribution in [3.05, 3.63) is 0 Å². The Morgan fingerprint density at radius 2 is 0.623 bits per heavy atom. The van der Waals surface area contributed by atoms with Gasteiger partial charge in [0.05, 0.1) is 0 Å². The highest BCUT2D eigenvalue weighted by molar-refractivity contribution is 5.71. The van der Waals surface area contributed by atoms with Crippen molar-refractivity contribution in [3.63, 3.8) is 0 Å². The molecule has 0 saturated carbocycles. The van der Waals surface area contributed by atoms with Crippen LogP contribution in [0.4, 0.5) is 0 Å². The van der Waals surface area contributed by atoms with Crippen LogP contribution in [0.25, 0.3) is 0 Å². The van der Waals surface area contributed by atoms with Crippen LogP contribution in [0, 0.1) is 11.8 Å². The Kier molecular flexibility index (Phi) is 38.9. The first-order valence-electron chi connectivity index (χ1n) is 23.2. The molecular weight excluding hydrogens is 661 g/mol. The fraction of sp³-hybridized carbons (Fsp3) is 0.936. The van der Waals surface area contributed by atoms with Gasteiger partial charge < -0.3 is 14.2 Å². The van der Waals surface area contributed by atoms with Gasteiger partial charge in [0, 0.05) is 19.3 Å². The highest BCUT2D eigenvalue weighted by Crippen LogP contribution is 2.16. The molecule has 0 aromatic heterocycles. The van der Waals surface area contributed by atoms with E-state index in [1.165, 1.54) is 141 Å². The summed E-state index contributed by atoms with van der Waals surface area (Å²) in [5, 5.41) is 0. The van der Waals surface area contributed by atoms with Crippen LogP contribution in [0.3, 0.4) is 0 Å². The van der Waals surface area contributed by atoms with Gasteiger partial charge in [0.2, 0.25) is 0 Å². The molecule has 0 unspecified atom stereocenters. The average molecular weight is 751 g/mol. The van der Waals surface area contributed by atoms with Crippen molar-refractivity contribution in [2.24, 2.45) is 11.8 Å². The van der Waals surface area contributed by atoms with E-state index in [0.29, 0.717) is 19.3 Å². The van der Waals surface area contributed by atoms with Gasteiger partial charge in [-0.05, 0) is 31.1 Å². The van der Waals surface area contributed by atoms with Crippen molar-refractivity contribution in [1.82, 2.24) is 0 Å². The minimum absolute atomic E-state index is 0.0652. The highest BCUT2D eigenvalue weighted by atomic mass is 16.6. The average Bonchev–Trinajstić information content (AvgIpc) is 3.12. The number of carbonyl (C=O) groups excluding carboxylic acids is 3. The van der Waals surface area contributed by atoms with Crippen molar-refractivity contribution in [3.8, 4) is 0 Å². The summed E-state index contributed by atoms with van der Waals surface area (Å²) in [4.78, 5) is 37.7. The van der Waals surface area contributed by atoms with Crippen LogP contribution in [0.2, 0.25) is 0 Å². The number of carbonyl (C=O) groups is 3. The first-order valence-corrected chi connectivity index (χ1v) is 23.2. The first kappa shape index (κ1) is 51.4. The van der Waals surface area contributed by atoms with Crippen LogP contribution in [-0.2, 0) is 28.6 Å². The van der Waals surface area contributed by atoms with E-state index in [4.69, 9.17) is 14.2 Å². The Bertz CT molecular complexity index is 809. The van der Waals surface area contributed by atoms with Gasteiger partial charge in [0.1, 0.15) is 13.2 Å². The zero-order valence-electron chi connectivity index (χ0n) is 36.1. The monoisotopic (exact) mass is 751 g/mol. The number of unbranched alkanes of at least 4 members (excludes halogenated alkanes) is 26. The maximum Gasteiger partial charge on any atom is 0.306 e. The van der Waals surface area contributed by atoms with Crippen LogP contribution in [0.5, 0.6) is 0 Å². The summed E-state index contributed by atoms with van der Waals surface area (Å²) >= 11 is 0. The van der Waals surface area contributed by atoms with Gasteiger partial charge >= 0.3 is 17.9 Å². The van der Waals surface area contributed by atoms with Crippen LogP contribution in [0.1, 0.15) is 253 Å². The molecule has 6 heteroatoms. The first-order chi connectivity index (χ1) is 25.7. The molecule has 1 atom stereocenters. The zero-order valence-corrected chi connectivity index (χ0v) is 36.1. The van der Waals surface area contributed by atoms with Gasteiger partial charge in [0.25, 0.3) is 0 Å². The molecule has 0 saturated heterocycles. The molecule has 0 fully saturated rings. The molecule has 0 heterocycles. The molecule has 0 aliphatic rings. The number of hydrogen-bond acceptors (Lipinski definition) is 6. The fourth-order valence-corrected chi connectivity index (χ4v) is 6.93. The predicted molar refractivity (Wildman–Crippen MR) is 224 cm³/mol. The molecule has 0 aliphatic carbocycles. The molecule has 0 aliphatic heterocycles. The summed E-state index contributed by atoms with van der Waals surface area (Å²) in [6.07, 6.45) is 38.1. The third-order valence-corrected chi connectivity index (χ3v) is 10.5. The lowest BCUT2D eigenvalue weighted by Crippen LogP contribution is -2.30. The molecule has 53 heavy (non-hydrogen) atoms. The Hall–Kier alpha value is -1.59. The molecule has 0 aromatic rings. The number of esters is 3. The van der Waals surface area contributed by atoms with E-state index < -0.39 is 6.10 Å². The second-order valence-electron chi connectivity index (χ2n) is 17.0. The van der Waals surface area contributed by atoms with E-state index in [1.54, 1.807) is 0 Å². The maximum atomic E-state index is 12.7. The largest absolute Gasteiger partial charge is 0.462 e. The molecule has 0 spiro atoms. The predicted octanol–water partition coefficient (Wildman–Crippen LogP) is 14.6. The van der Waals surface area contributed by atoms with Crippen molar-refractivity contribution in [1.29, 1.82) is 0 Å². The molecule has 314 valence electrons. The molecule has 6 nitrogen and oxygen atoms in total. The Balaban J connectivity index is 4.33. The van der Waals surface area contributed by atoms with Crippen molar-refractivity contribution >= 4 is 17.9 Å². The SMILES string of the molecule is CCCCCCCCCCCCCCC(=O)O[C@@H](COC(=O)CCCCCCCCCCCCC(C)C)COC(=O)CCCCCCCCCC(C)C. The lowest BCUT2D eigenvalue weighted by molar-refractivity contribution is -0.167.